The normalized spacial score (nSPS) is 16.5. The highest BCUT2D eigenvalue weighted by Crippen LogP contribution is 2.17. The number of hydrogen-bond acceptors (Lipinski definition) is 2. The average molecular weight is 156 g/mol. The van der Waals surface area contributed by atoms with Crippen LogP contribution in [0, 0.1) is 0 Å². The second-order valence-electron chi connectivity index (χ2n) is 3.01. The average Bonchev–Trinajstić information content (AvgIpc) is 2.80. The number of rotatable bonds is 5. The minimum atomic E-state index is 0.124. The van der Waals surface area contributed by atoms with Gasteiger partial charge >= 0.3 is 0 Å². The lowest BCUT2D eigenvalue weighted by Crippen LogP contribution is -2.35. The van der Waals surface area contributed by atoms with Crippen molar-refractivity contribution in [3.8, 4) is 0 Å². The monoisotopic (exact) mass is 156 g/mol. The van der Waals surface area contributed by atoms with Crippen molar-refractivity contribution in [1.82, 2.24) is 10.6 Å². The first-order valence-corrected chi connectivity index (χ1v) is 4.33. The summed E-state index contributed by atoms with van der Waals surface area (Å²) in [6.45, 7) is 3.34. The molecule has 0 bridgehead atoms. The molecular formula is C8H16N2O. The molecule has 0 aromatic heterocycles. The van der Waals surface area contributed by atoms with Crippen molar-refractivity contribution in [3.05, 3.63) is 0 Å². The lowest BCUT2D eigenvalue weighted by Gasteiger charge is -2.03. The molecule has 11 heavy (non-hydrogen) atoms. The summed E-state index contributed by atoms with van der Waals surface area (Å²) < 4.78 is 0. The Kier molecular flexibility index (Phi) is 3.36. The van der Waals surface area contributed by atoms with Crippen molar-refractivity contribution in [2.45, 2.75) is 32.2 Å². The van der Waals surface area contributed by atoms with Crippen LogP contribution in [0.25, 0.3) is 0 Å². The highest BCUT2D eigenvalue weighted by molar-refractivity contribution is 5.77. The van der Waals surface area contributed by atoms with Gasteiger partial charge in [-0.1, -0.05) is 6.92 Å². The highest BCUT2D eigenvalue weighted by atomic mass is 16.1. The molecule has 3 heteroatoms. The van der Waals surface area contributed by atoms with Gasteiger partial charge in [-0.15, -0.1) is 0 Å². The molecule has 1 aliphatic carbocycles. The van der Waals surface area contributed by atoms with Gasteiger partial charge in [-0.05, 0) is 19.3 Å². The van der Waals surface area contributed by atoms with Crippen LogP contribution in [-0.2, 0) is 4.79 Å². The largest absolute Gasteiger partial charge is 0.355 e. The molecule has 0 saturated heterocycles. The van der Waals surface area contributed by atoms with E-state index in [4.69, 9.17) is 0 Å². The molecule has 1 fully saturated rings. The first kappa shape index (κ1) is 8.53. The lowest BCUT2D eigenvalue weighted by atomic mass is 10.4. The summed E-state index contributed by atoms with van der Waals surface area (Å²) in [7, 11) is 0. The van der Waals surface area contributed by atoms with Crippen LogP contribution in [0.2, 0.25) is 0 Å². The van der Waals surface area contributed by atoms with E-state index in [2.05, 4.69) is 17.6 Å². The van der Waals surface area contributed by atoms with Crippen LogP contribution in [0.5, 0.6) is 0 Å². The molecule has 0 aliphatic heterocycles. The third-order valence-electron chi connectivity index (χ3n) is 1.70. The molecule has 0 heterocycles. The zero-order valence-electron chi connectivity index (χ0n) is 7.02. The molecule has 0 aromatic carbocycles. The van der Waals surface area contributed by atoms with Gasteiger partial charge in [0.05, 0.1) is 6.54 Å². The van der Waals surface area contributed by atoms with Crippen LogP contribution in [0.4, 0.5) is 0 Å². The number of carbonyl (C=O) groups is 1. The molecule has 64 valence electrons. The van der Waals surface area contributed by atoms with Gasteiger partial charge in [0, 0.05) is 12.6 Å². The zero-order valence-corrected chi connectivity index (χ0v) is 7.02. The summed E-state index contributed by atoms with van der Waals surface area (Å²) in [5.74, 6) is 0.124. The molecule has 1 rings (SSSR count). The molecule has 0 radical (unpaired) electrons. The van der Waals surface area contributed by atoms with Gasteiger partial charge in [0.25, 0.3) is 0 Å². The maximum absolute atomic E-state index is 11.0. The van der Waals surface area contributed by atoms with Crippen molar-refractivity contribution in [2.24, 2.45) is 0 Å². The summed E-state index contributed by atoms with van der Waals surface area (Å²) in [5.41, 5.74) is 0. The molecule has 0 atom stereocenters. The Balaban J connectivity index is 1.91. The number of hydrogen-bond donors (Lipinski definition) is 2. The van der Waals surface area contributed by atoms with Gasteiger partial charge in [0.15, 0.2) is 0 Å². The summed E-state index contributed by atoms with van der Waals surface area (Å²) >= 11 is 0. The molecule has 1 saturated carbocycles. The molecular weight excluding hydrogens is 140 g/mol. The lowest BCUT2D eigenvalue weighted by molar-refractivity contribution is -0.120. The molecule has 1 amide bonds. The second-order valence-corrected chi connectivity index (χ2v) is 3.01. The highest BCUT2D eigenvalue weighted by Gasteiger charge is 2.20. The third kappa shape index (κ3) is 3.98. The fourth-order valence-corrected chi connectivity index (χ4v) is 0.851. The molecule has 1 aliphatic rings. The van der Waals surface area contributed by atoms with E-state index < -0.39 is 0 Å². The van der Waals surface area contributed by atoms with Crippen LogP contribution in [0.15, 0.2) is 0 Å². The SMILES string of the molecule is CCCNC(=O)CNC1CC1. The first-order chi connectivity index (χ1) is 5.33. The van der Waals surface area contributed by atoms with Crippen LogP contribution < -0.4 is 10.6 Å². The van der Waals surface area contributed by atoms with Gasteiger partial charge < -0.3 is 10.6 Å². The Morgan fingerprint density at radius 1 is 1.55 bits per heavy atom. The van der Waals surface area contributed by atoms with E-state index in [0.717, 1.165) is 13.0 Å². The summed E-state index contributed by atoms with van der Waals surface area (Å²) in [4.78, 5) is 11.0. The minimum absolute atomic E-state index is 0.124. The van der Waals surface area contributed by atoms with E-state index in [1.54, 1.807) is 0 Å². The summed E-state index contributed by atoms with van der Waals surface area (Å²) in [5, 5.41) is 5.97. The van der Waals surface area contributed by atoms with Gasteiger partial charge in [-0.2, -0.15) is 0 Å². The van der Waals surface area contributed by atoms with Crippen molar-refractivity contribution < 1.29 is 4.79 Å². The van der Waals surface area contributed by atoms with E-state index in [-0.39, 0.29) is 5.91 Å². The van der Waals surface area contributed by atoms with Crippen molar-refractivity contribution >= 4 is 5.91 Å². The first-order valence-electron chi connectivity index (χ1n) is 4.33. The van der Waals surface area contributed by atoms with Crippen LogP contribution in [0.3, 0.4) is 0 Å². The van der Waals surface area contributed by atoms with Gasteiger partial charge in [0.2, 0.25) is 5.91 Å². The van der Waals surface area contributed by atoms with E-state index in [1.807, 2.05) is 0 Å². The Morgan fingerprint density at radius 3 is 2.82 bits per heavy atom. The Hall–Kier alpha value is -0.570. The molecule has 3 nitrogen and oxygen atoms in total. The predicted octanol–water partition coefficient (Wildman–Crippen LogP) is 0.265. The number of nitrogens with one attached hydrogen (secondary N) is 2. The zero-order chi connectivity index (χ0) is 8.10. The summed E-state index contributed by atoms with van der Waals surface area (Å²) in [6, 6.07) is 0.627. The van der Waals surface area contributed by atoms with E-state index in [9.17, 15) is 4.79 Å². The van der Waals surface area contributed by atoms with Crippen molar-refractivity contribution in [2.75, 3.05) is 13.1 Å². The Labute approximate surface area is 67.5 Å². The minimum Gasteiger partial charge on any atom is -0.355 e. The van der Waals surface area contributed by atoms with Crippen LogP contribution in [-0.4, -0.2) is 25.0 Å². The fraction of sp³-hybridized carbons (Fsp3) is 0.875. The van der Waals surface area contributed by atoms with Crippen LogP contribution in [0.1, 0.15) is 26.2 Å². The Bertz CT molecular complexity index is 132. The number of amides is 1. The second kappa shape index (κ2) is 4.34. The summed E-state index contributed by atoms with van der Waals surface area (Å²) in [6.07, 6.45) is 3.48. The van der Waals surface area contributed by atoms with E-state index in [0.29, 0.717) is 12.6 Å². The predicted molar refractivity (Wildman–Crippen MR) is 44.3 cm³/mol. The van der Waals surface area contributed by atoms with Crippen molar-refractivity contribution in [3.63, 3.8) is 0 Å². The van der Waals surface area contributed by atoms with Gasteiger partial charge in [0.1, 0.15) is 0 Å². The maximum atomic E-state index is 11.0. The van der Waals surface area contributed by atoms with Gasteiger partial charge in [-0.25, -0.2) is 0 Å². The standard InChI is InChI=1S/C8H16N2O/c1-2-5-9-8(11)6-10-7-3-4-7/h7,10H,2-6H2,1H3,(H,9,11). The van der Waals surface area contributed by atoms with Crippen LogP contribution >= 0.6 is 0 Å². The maximum Gasteiger partial charge on any atom is 0.233 e. The van der Waals surface area contributed by atoms with Crippen molar-refractivity contribution in [1.29, 1.82) is 0 Å². The van der Waals surface area contributed by atoms with Gasteiger partial charge in [-0.3, -0.25) is 4.79 Å². The topological polar surface area (TPSA) is 41.1 Å². The quantitative estimate of drug-likeness (QED) is 0.599. The molecule has 2 N–H and O–H groups in total. The fourth-order valence-electron chi connectivity index (χ4n) is 0.851. The number of carbonyl (C=O) groups excluding carboxylic acids is 1. The Morgan fingerprint density at radius 2 is 2.27 bits per heavy atom. The molecule has 0 unspecified atom stereocenters. The molecule has 0 aromatic rings. The molecule has 0 spiro atoms. The third-order valence-corrected chi connectivity index (χ3v) is 1.70. The smallest absolute Gasteiger partial charge is 0.233 e. The van der Waals surface area contributed by atoms with E-state index in [1.165, 1.54) is 12.8 Å². The van der Waals surface area contributed by atoms with E-state index >= 15 is 0 Å².